The van der Waals surface area contributed by atoms with Gasteiger partial charge in [0.1, 0.15) is 5.82 Å². The smallest absolute Gasteiger partial charge is 0.251 e. The Morgan fingerprint density at radius 1 is 1.45 bits per heavy atom. The highest BCUT2D eigenvalue weighted by atomic mass is 16.1. The molecule has 2 aromatic rings. The number of aromatic amines is 1. The van der Waals surface area contributed by atoms with Crippen LogP contribution in [0, 0.1) is 6.92 Å². The van der Waals surface area contributed by atoms with Gasteiger partial charge in [-0.05, 0) is 32.0 Å². The summed E-state index contributed by atoms with van der Waals surface area (Å²) in [6.07, 6.45) is 2.85. The maximum Gasteiger partial charge on any atom is 0.251 e. The summed E-state index contributed by atoms with van der Waals surface area (Å²) in [7, 11) is 0. The first-order valence-corrected chi connectivity index (χ1v) is 6.91. The zero-order chi connectivity index (χ0) is 13.9. The van der Waals surface area contributed by atoms with Crippen molar-refractivity contribution in [3.63, 3.8) is 0 Å². The first-order valence-electron chi connectivity index (χ1n) is 6.91. The SMILES string of the molecule is Cc1cc(=O)[nH]c([C@@H]2CCN(Cc3ccccn3)C2)n1. The lowest BCUT2D eigenvalue weighted by Gasteiger charge is -2.15. The lowest BCUT2D eigenvalue weighted by Crippen LogP contribution is -2.21. The van der Waals surface area contributed by atoms with E-state index in [9.17, 15) is 4.79 Å². The molecule has 0 saturated carbocycles. The molecule has 0 spiro atoms. The Morgan fingerprint density at radius 3 is 3.10 bits per heavy atom. The lowest BCUT2D eigenvalue weighted by molar-refractivity contribution is 0.321. The molecule has 1 fully saturated rings. The van der Waals surface area contributed by atoms with Crippen LogP contribution in [0.4, 0.5) is 0 Å². The lowest BCUT2D eigenvalue weighted by atomic mass is 10.1. The third-order valence-corrected chi connectivity index (χ3v) is 3.66. The molecular weight excluding hydrogens is 252 g/mol. The van der Waals surface area contributed by atoms with Crippen molar-refractivity contribution in [2.75, 3.05) is 13.1 Å². The van der Waals surface area contributed by atoms with Gasteiger partial charge in [-0.15, -0.1) is 0 Å². The molecule has 0 bridgehead atoms. The van der Waals surface area contributed by atoms with Crippen LogP contribution in [0.25, 0.3) is 0 Å². The van der Waals surface area contributed by atoms with E-state index in [-0.39, 0.29) is 5.56 Å². The van der Waals surface area contributed by atoms with Gasteiger partial charge in [0.05, 0.1) is 5.69 Å². The third-order valence-electron chi connectivity index (χ3n) is 3.66. The van der Waals surface area contributed by atoms with Gasteiger partial charge in [0, 0.05) is 37.0 Å². The molecule has 1 N–H and O–H groups in total. The van der Waals surface area contributed by atoms with E-state index >= 15 is 0 Å². The van der Waals surface area contributed by atoms with Gasteiger partial charge in [0.2, 0.25) is 0 Å². The Labute approximate surface area is 117 Å². The van der Waals surface area contributed by atoms with E-state index in [2.05, 4.69) is 19.9 Å². The van der Waals surface area contributed by atoms with Crippen molar-refractivity contribution in [3.8, 4) is 0 Å². The van der Waals surface area contributed by atoms with Gasteiger partial charge in [0.15, 0.2) is 0 Å². The molecule has 0 unspecified atom stereocenters. The average Bonchev–Trinajstić information content (AvgIpc) is 2.87. The first kappa shape index (κ1) is 13.0. The second kappa shape index (κ2) is 5.54. The van der Waals surface area contributed by atoms with Crippen LogP contribution < -0.4 is 5.56 Å². The number of H-pyrrole nitrogens is 1. The van der Waals surface area contributed by atoms with Crippen LogP contribution in [0.5, 0.6) is 0 Å². The fourth-order valence-electron chi connectivity index (χ4n) is 2.72. The highest BCUT2D eigenvalue weighted by Crippen LogP contribution is 2.25. The number of aryl methyl sites for hydroxylation is 1. The monoisotopic (exact) mass is 270 g/mol. The summed E-state index contributed by atoms with van der Waals surface area (Å²) in [5.41, 5.74) is 1.81. The van der Waals surface area contributed by atoms with Crippen molar-refractivity contribution in [2.24, 2.45) is 0 Å². The minimum Gasteiger partial charge on any atom is -0.310 e. The molecule has 0 radical (unpaired) electrons. The summed E-state index contributed by atoms with van der Waals surface area (Å²) in [5, 5.41) is 0. The fourth-order valence-corrected chi connectivity index (χ4v) is 2.72. The molecule has 2 aromatic heterocycles. The van der Waals surface area contributed by atoms with Crippen LogP contribution in [0.1, 0.15) is 29.6 Å². The van der Waals surface area contributed by atoms with Gasteiger partial charge in [-0.25, -0.2) is 4.98 Å². The number of pyridine rings is 1. The Kier molecular flexibility index (Phi) is 3.60. The topological polar surface area (TPSA) is 61.9 Å². The Hall–Kier alpha value is -2.01. The summed E-state index contributed by atoms with van der Waals surface area (Å²) >= 11 is 0. The van der Waals surface area contributed by atoms with Crippen LogP contribution in [-0.4, -0.2) is 32.9 Å². The predicted molar refractivity (Wildman–Crippen MR) is 76.5 cm³/mol. The number of aromatic nitrogens is 3. The van der Waals surface area contributed by atoms with Crippen molar-refractivity contribution in [1.82, 2.24) is 19.9 Å². The van der Waals surface area contributed by atoms with Gasteiger partial charge in [-0.1, -0.05) is 6.07 Å². The fraction of sp³-hybridized carbons (Fsp3) is 0.400. The van der Waals surface area contributed by atoms with E-state index in [1.165, 1.54) is 6.07 Å². The molecule has 104 valence electrons. The minimum absolute atomic E-state index is 0.0596. The zero-order valence-electron chi connectivity index (χ0n) is 11.5. The molecule has 1 atom stereocenters. The Bertz CT molecular complexity index is 638. The molecule has 3 heterocycles. The highest BCUT2D eigenvalue weighted by Gasteiger charge is 2.25. The van der Waals surface area contributed by atoms with Crippen LogP contribution in [0.2, 0.25) is 0 Å². The molecule has 3 rings (SSSR count). The maximum atomic E-state index is 11.5. The minimum atomic E-state index is -0.0596. The number of hydrogen-bond acceptors (Lipinski definition) is 4. The van der Waals surface area contributed by atoms with E-state index < -0.39 is 0 Å². The van der Waals surface area contributed by atoms with Gasteiger partial charge in [0.25, 0.3) is 5.56 Å². The number of rotatable bonds is 3. The number of likely N-dealkylation sites (tertiary alicyclic amines) is 1. The van der Waals surface area contributed by atoms with E-state index in [0.29, 0.717) is 5.92 Å². The van der Waals surface area contributed by atoms with Crippen molar-refractivity contribution in [1.29, 1.82) is 0 Å². The summed E-state index contributed by atoms with van der Waals surface area (Å²) < 4.78 is 0. The second-order valence-corrected chi connectivity index (χ2v) is 5.31. The van der Waals surface area contributed by atoms with Crippen molar-refractivity contribution in [2.45, 2.75) is 25.8 Å². The maximum absolute atomic E-state index is 11.5. The molecule has 1 aliphatic rings. The Balaban J connectivity index is 1.69. The van der Waals surface area contributed by atoms with Crippen molar-refractivity contribution in [3.05, 3.63) is 58.0 Å². The molecule has 5 heteroatoms. The standard InChI is InChI=1S/C15H18N4O/c1-11-8-14(20)18-15(17-11)12-5-7-19(9-12)10-13-4-2-3-6-16-13/h2-4,6,8,12H,5,7,9-10H2,1H3,(H,17,18,20)/t12-/m1/s1. The molecule has 0 aliphatic carbocycles. The number of nitrogens with one attached hydrogen (secondary N) is 1. The van der Waals surface area contributed by atoms with Crippen LogP contribution in [-0.2, 0) is 6.54 Å². The number of hydrogen-bond donors (Lipinski definition) is 1. The predicted octanol–water partition coefficient (Wildman–Crippen LogP) is 1.46. The summed E-state index contributed by atoms with van der Waals surface area (Å²) in [5.74, 6) is 1.13. The summed E-state index contributed by atoms with van der Waals surface area (Å²) in [6.45, 7) is 4.65. The summed E-state index contributed by atoms with van der Waals surface area (Å²) in [4.78, 5) is 25.6. The third kappa shape index (κ3) is 2.93. The van der Waals surface area contributed by atoms with Crippen LogP contribution >= 0.6 is 0 Å². The number of nitrogens with zero attached hydrogens (tertiary/aromatic N) is 3. The van der Waals surface area contributed by atoms with Crippen LogP contribution in [0.3, 0.4) is 0 Å². The molecule has 1 saturated heterocycles. The normalized spacial score (nSPS) is 19.4. The van der Waals surface area contributed by atoms with E-state index in [0.717, 1.165) is 43.3 Å². The quantitative estimate of drug-likeness (QED) is 0.917. The largest absolute Gasteiger partial charge is 0.310 e. The van der Waals surface area contributed by atoms with E-state index in [1.807, 2.05) is 31.3 Å². The van der Waals surface area contributed by atoms with Crippen molar-refractivity contribution >= 4 is 0 Å². The molecular formula is C15H18N4O. The second-order valence-electron chi connectivity index (χ2n) is 5.31. The zero-order valence-corrected chi connectivity index (χ0v) is 11.5. The highest BCUT2D eigenvalue weighted by molar-refractivity contribution is 5.08. The molecule has 0 aromatic carbocycles. The first-order chi connectivity index (χ1) is 9.70. The molecule has 1 aliphatic heterocycles. The van der Waals surface area contributed by atoms with Gasteiger partial charge in [-0.3, -0.25) is 14.7 Å². The van der Waals surface area contributed by atoms with E-state index in [4.69, 9.17) is 0 Å². The van der Waals surface area contributed by atoms with Gasteiger partial charge < -0.3 is 4.98 Å². The van der Waals surface area contributed by atoms with Gasteiger partial charge >= 0.3 is 0 Å². The van der Waals surface area contributed by atoms with Crippen molar-refractivity contribution < 1.29 is 0 Å². The van der Waals surface area contributed by atoms with Gasteiger partial charge in [-0.2, -0.15) is 0 Å². The summed E-state index contributed by atoms with van der Waals surface area (Å²) in [6, 6.07) is 7.51. The average molecular weight is 270 g/mol. The van der Waals surface area contributed by atoms with Crippen LogP contribution in [0.15, 0.2) is 35.3 Å². The molecule has 5 nitrogen and oxygen atoms in total. The van der Waals surface area contributed by atoms with E-state index in [1.54, 1.807) is 0 Å². The molecule has 0 amide bonds. The Morgan fingerprint density at radius 2 is 2.35 bits per heavy atom. The molecule has 20 heavy (non-hydrogen) atoms.